The van der Waals surface area contributed by atoms with Crippen molar-refractivity contribution < 1.29 is 9.18 Å². The van der Waals surface area contributed by atoms with E-state index in [1.54, 1.807) is 16.3 Å². The largest absolute Gasteiger partial charge is 0.322 e. The van der Waals surface area contributed by atoms with Crippen LogP contribution >= 0.6 is 11.6 Å². The number of halogens is 2. The third kappa shape index (κ3) is 2.60. The average Bonchev–Trinajstić information content (AvgIpc) is 3.11. The summed E-state index contributed by atoms with van der Waals surface area (Å²) in [6.07, 6.45) is 5.13. The highest BCUT2D eigenvalue weighted by molar-refractivity contribution is 6.31. The van der Waals surface area contributed by atoms with Crippen molar-refractivity contribution in [2.24, 2.45) is 7.05 Å². The normalized spacial score (nSPS) is 10.7. The number of nitrogens with one attached hydrogen (secondary N) is 1. The summed E-state index contributed by atoms with van der Waals surface area (Å²) in [6, 6.07) is 7.72. The molecule has 0 bridgehead atoms. The second kappa shape index (κ2) is 5.65. The van der Waals surface area contributed by atoms with Gasteiger partial charge < -0.3 is 9.88 Å². The van der Waals surface area contributed by atoms with Gasteiger partial charge in [-0.1, -0.05) is 11.6 Å². The highest BCUT2D eigenvalue weighted by Crippen LogP contribution is 2.21. The third-order valence-electron chi connectivity index (χ3n) is 3.18. The Balaban J connectivity index is 1.91. The topological polar surface area (TPSA) is 51.9 Å². The Morgan fingerprint density at radius 2 is 2.05 bits per heavy atom. The second-order valence-corrected chi connectivity index (χ2v) is 5.09. The molecule has 1 aromatic carbocycles. The molecule has 0 unspecified atom stereocenters. The summed E-state index contributed by atoms with van der Waals surface area (Å²) in [6.45, 7) is 0. The van der Waals surface area contributed by atoms with E-state index in [9.17, 15) is 9.18 Å². The van der Waals surface area contributed by atoms with Gasteiger partial charge in [0, 0.05) is 25.1 Å². The molecule has 0 atom stereocenters. The molecule has 0 aliphatic carbocycles. The molecular formula is C15H12ClFN4O. The summed E-state index contributed by atoms with van der Waals surface area (Å²) >= 11 is 5.71. The molecule has 22 heavy (non-hydrogen) atoms. The highest BCUT2D eigenvalue weighted by atomic mass is 35.5. The van der Waals surface area contributed by atoms with Crippen LogP contribution in [0.5, 0.6) is 0 Å². The molecule has 112 valence electrons. The van der Waals surface area contributed by atoms with Crippen molar-refractivity contribution in [2.75, 3.05) is 5.32 Å². The fourth-order valence-electron chi connectivity index (χ4n) is 2.15. The van der Waals surface area contributed by atoms with Gasteiger partial charge in [0.05, 0.1) is 11.2 Å². The molecule has 0 fully saturated rings. The van der Waals surface area contributed by atoms with Crippen molar-refractivity contribution >= 4 is 23.2 Å². The minimum absolute atomic E-state index is 0.0466. The number of anilines is 1. The van der Waals surface area contributed by atoms with E-state index in [1.165, 1.54) is 24.4 Å². The number of hydrogen-bond acceptors (Lipinski definition) is 2. The molecule has 0 aliphatic rings. The lowest BCUT2D eigenvalue weighted by atomic mass is 10.2. The van der Waals surface area contributed by atoms with Crippen molar-refractivity contribution in [3.8, 4) is 5.82 Å². The molecule has 0 spiro atoms. The quantitative estimate of drug-likeness (QED) is 0.806. The number of carbonyl (C=O) groups excluding carboxylic acids is 1. The van der Waals surface area contributed by atoms with E-state index in [4.69, 9.17) is 11.6 Å². The Bertz CT molecular complexity index is 826. The minimum Gasteiger partial charge on any atom is -0.322 e. The number of amides is 1. The molecule has 7 heteroatoms. The van der Waals surface area contributed by atoms with E-state index >= 15 is 0 Å². The molecule has 3 rings (SSSR count). The zero-order chi connectivity index (χ0) is 15.7. The fourth-order valence-corrected chi connectivity index (χ4v) is 2.33. The van der Waals surface area contributed by atoms with Gasteiger partial charge >= 0.3 is 0 Å². The van der Waals surface area contributed by atoms with Gasteiger partial charge in [-0.05, 0) is 30.3 Å². The van der Waals surface area contributed by atoms with Gasteiger partial charge in [0.1, 0.15) is 17.2 Å². The first kappa shape index (κ1) is 14.3. The van der Waals surface area contributed by atoms with Gasteiger partial charge in [-0.3, -0.25) is 9.48 Å². The van der Waals surface area contributed by atoms with Crippen LogP contribution in [0.3, 0.4) is 0 Å². The third-order valence-corrected chi connectivity index (χ3v) is 3.47. The smallest absolute Gasteiger partial charge is 0.261 e. The summed E-state index contributed by atoms with van der Waals surface area (Å²) in [7, 11) is 1.75. The van der Waals surface area contributed by atoms with Crippen molar-refractivity contribution in [1.82, 2.24) is 14.3 Å². The molecule has 2 aromatic heterocycles. The number of rotatable bonds is 3. The first-order chi connectivity index (χ1) is 10.6. The summed E-state index contributed by atoms with van der Waals surface area (Å²) < 4.78 is 16.5. The minimum atomic E-state index is -0.533. The maximum Gasteiger partial charge on any atom is 0.261 e. The van der Waals surface area contributed by atoms with Crippen molar-refractivity contribution in [1.29, 1.82) is 0 Å². The summed E-state index contributed by atoms with van der Waals surface area (Å²) in [5.74, 6) is -0.246. The molecule has 0 saturated carbocycles. The van der Waals surface area contributed by atoms with Crippen molar-refractivity contribution in [3.05, 3.63) is 65.3 Å². The van der Waals surface area contributed by atoms with Crippen LogP contribution in [0.1, 0.15) is 10.4 Å². The standard InChI is InChI=1S/C15H12ClFN4O/c1-20-15(21-6-2-3-7-21)11(9-18-20)14(22)19-10-4-5-13(17)12(16)8-10/h2-9H,1H3,(H,19,22). The van der Waals surface area contributed by atoms with E-state index in [0.717, 1.165) is 0 Å². The molecule has 0 radical (unpaired) electrons. The number of hydrogen-bond donors (Lipinski definition) is 1. The Kier molecular flexibility index (Phi) is 3.68. The zero-order valence-corrected chi connectivity index (χ0v) is 12.4. The van der Waals surface area contributed by atoms with Crippen LogP contribution in [0.4, 0.5) is 10.1 Å². The highest BCUT2D eigenvalue weighted by Gasteiger charge is 2.17. The molecule has 3 aromatic rings. The van der Waals surface area contributed by atoms with Crippen LogP contribution in [-0.2, 0) is 7.05 Å². The van der Waals surface area contributed by atoms with E-state index in [-0.39, 0.29) is 10.9 Å². The van der Waals surface area contributed by atoms with E-state index in [0.29, 0.717) is 17.1 Å². The number of benzene rings is 1. The van der Waals surface area contributed by atoms with Gasteiger partial charge in [0.25, 0.3) is 5.91 Å². The molecule has 2 heterocycles. The number of carbonyl (C=O) groups is 1. The van der Waals surface area contributed by atoms with Crippen LogP contribution < -0.4 is 5.32 Å². The predicted molar refractivity (Wildman–Crippen MR) is 81.9 cm³/mol. The molecule has 1 N–H and O–H groups in total. The number of aryl methyl sites for hydroxylation is 1. The van der Waals surface area contributed by atoms with E-state index in [2.05, 4.69) is 10.4 Å². The van der Waals surface area contributed by atoms with Crippen LogP contribution in [0, 0.1) is 5.82 Å². The number of nitrogens with zero attached hydrogens (tertiary/aromatic N) is 3. The maximum absolute atomic E-state index is 13.2. The SMILES string of the molecule is Cn1ncc(C(=O)Nc2ccc(F)c(Cl)c2)c1-n1cccc1. The second-order valence-electron chi connectivity index (χ2n) is 4.68. The molecule has 0 aliphatic heterocycles. The lowest BCUT2D eigenvalue weighted by Gasteiger charge is -2.09. The average molecular weight is 319 g/mol. The summed E-state index contributed by atoms with van der Waals surface area (Å²) in [4.78, 5) is 12.4. The van der Waals surface area contributed by atoms with Crippen molar-refractivity contribution in [3.63, 3.8) is 0 Å². The predicted octanol–water partition coefficient (Wildman–Crippen LogP) is 3.26. The summed E-state index contributed by atoms with van der Waals surface area (Å²) in [5, 5.41) is 6.75. The van der Waals surface area contributed by atoms with Gasteiger partial charge in [-0.25, -0.2) is 4.39 Å². The van der Waals surface area contributed by atoms with Crippen LogP contribution in [-0.4, -0.2) is 20.3 Å². The lowest BCUT2D eigenvalue weighted by Crippen LogP contribution is -2.15. The van der Waals surface area contributed by atoms with E-state index in [1.807, 2.05) is 24.5 Å². The monoisotopic (exact) mass is 318 g/mol. The first-order valence-corrected chi connectivity index (χ1v) is 6.86. The Hall–Kier alpha value is -2.60. The lowest BCUT2D eigenvalue weighted by molar-refractivity contribution is 0.102. The number of aromatic nitrogens is 3. The van der Waals surface area contributed by atoms with E-state index < -0.39 is 5.82 Å². The van der Waals surface area contributed by atoms with Gasteiger partial charge in [-0.15, -0.1) is 0 Å². The first-order valence-electron chi connectivity index (χ1n) is 6.48. The van der Waals surface area contributed by atoms with Crippen LogP contribution in [0.15, 0.2) is 48.9 Å². The Labute approximate surface area is 130 Å². The Morgan fingerprint density at radius 3 is 2.73 bits per heavy atom. The Morgan fingerprint density at radius 1 is 1.32 bits per heavy atom. The van der Waals surface area contributed by atoms with Crippen molar-refractivity contribution in [2.45, 2.75) is 0 Å². The maximum atomic E-state index is 13.2. The van der Waals surface area contributed by atoms with Gasteiger partial charge in [0.2, 0.25) is 0 Å². The molecule has 5 nitrogen and oxygen atoms in total. The van der Waals surface area contributed by atoms with Gasteiger partial charge in [0.15, 0.2) is 0 Å². The zero-order valence-electron chi connectivity index (χ0n) is 11.6. The molecule has 1 amide bonds. The molecular weight excluding hydrogens is 307 g/mol. The van der Waals surface area contributed by atoms with Crippen LogP contribution in [0.25, 0.3) is 5.82 Å². The van der Waals surface area contributed by atoms with Crippen LogP contribution in [0.2, 0.25) is 5.02 Å². The summed E-state index contributed by atoms with van der Waals surface area (Å²) in [5.41, 5.74) is 0.817. The molecule has 0 saturated heterocycles. The fraction of sp³-hybridized carbons (Fsp3) is 0.0667. The van der Waals surface area contributed by atoms with Gasteiger partial charge in [-0.2, -0.15) is 5.10 Å².